The molecule has 2 atom stereocenters. The van der Waals surface area contributed by atoms with Crippen molar-refractivity contribution in [3.8, 4) is 23.0 Å². The number of methoxy groups -OCH3 is 4. The molecule has 2 aromatic carbocycles. The van der Waals surface area contributed by atoms with Crippen molar-refractivity contribution in [2.24, 2.45) is 11.3 Å². The van der Waals surface area contributed by atoms with Gasteiger partial charge in [-0.15, -0.1) is 0 Å². The summed E-state index contributed by atoms with van der Waals surface area (Å²) in [5.74, 6) is 1.98. The van der Waals surface area contributed by atoms with Crippen LogP contribution < -0.4 is 23.8 Å². The highest BCUT2D eigenvalue weighted by Crippen LogP contribution is 2.44. The smallest absolute Gasteiger partial charge is 0.228 e. The van der Waals surface area contributed by atoms with Crippen molar-refractivity contribution in [3.05, 3.63) is 42.0 Å². The second kappa shape index (κ2) is 12.3. The number of para-hydroxylation sites is 2. The topological polar surface area (TPSA) is 80.8 Å². The van der Waals surface area contributed by atoms with E-state index >= 15 is 0 Å². The third-order valence-electron chi connectivity index (χ3n) is 7.80. The monoisotopic (exact) mass is 553 g/mol. The van der Waals surface area contributed by atoms with E-state index in [1.165, 1.54) is 0 Å². The van der Waals surface area contributed by atoms with Gasteiger partial charge in [0.25, 0.3) is 0 Å². The van der Waals surface area contributed by atoms with Crippen LogP contribution in [0.15, 0.2) is 36.4 Å². The highest BCUT2D eigenvalue weighted by atomic mass is 16.5. The van der Waals surface area contributed by atoms with Crippen LogP contribution in [0.1, 0.15) is 38.7 Å². The standard InChI is InChI=1S/C31H43N3O6/c1-31(2,3)18-28(35)34-19-22(21-16-26(38-5)29(40-7)27(17-21)39-6)23(20-34)30(36)33-14-12-32(13-15-33)24-10-8-9-11-25(24)37-4/h8-11,16-17,22-23H,12-15,18-20H2,1-7H3. The lowest BCUT2D eigenvalue weighted by Gasteiger charge is -2.38. The Labute approximate surface area is 237 Å². The van der Waals surface area contributed by atoms with Crippen LogP contribution in [0, 0.1) is 11.3 Å². The summed E-state index contributed by atoms with van der Waals surface area (Å²) < 4.78 is 22.3. The summed E-state index contributed by atoms with van der Waals surface area (Å²) in [6.07, 6.45) is 0.424. The number of likely N-dealkylation sites (tertiary alicyclic amines) is 1. The molecule has 0 spiro atoms. The second-order valence-corrected chi connectivity index (χ2v) is 11.7. The molecule has 9 nitrogen and oxygen atoms in total. The van der Waals surface area contributed by atoms with Crippen molar-refractivity contribution in [2.75, 3.05) is 72.6 Å². The molecule has 2 aromatic rings. The molecule has 4 rings (SSSR count). The predicted octanol–water partition coefficient (Wildman–Crippen LogP) is 4.05. The van der Waals surface area contributed by atoms with Gasteiger partial charge in [-0.05, 0) is 35.2 Å². The Morgan fingerprint density at radius 1 is 0.800 bits per heavy atom. The lowest BCUT2D eigenvalue weighted by atomic mass is 9.87. The van der Waals surface area contributed by atoms with Crippen molar-refractivity contribution in [1.29, 1.82) is 0 Å². The quantitative estimate of drug-likeness (QED) is 0.488. The Balaban J connectivity index is 1.59. The van der Waals surface area contributed by atoms with Gasteiger partial charge in [0.1, 0.15) is 5.75 Å². The van der Waals surface area contributed by atoms with Crippen molar-refractivity contribution in [3.63, 3.8) is 0 Å². The molecule has 2 heterocycles. The Morgan fingerprint density at radius 2 is 1.40 bits per heavy atom. The second-order valence-electron chi connectivity index (χ2n) is 11.7. The SMILES string of the molecule is COc1ccccc1N1CCN(C(=O)C2CN(C(=O)CC(C)(C)C)CC2c2cc(OC)c(OC)c(OC)c2)CC1. The predicted molar refractivity (Wildman–Crippen MR) is 155 cm³/mol. The molecule has 2 unspecified atom stereocenters. The first-order valence-electron chi connectivity index (χ1n) is 13.8. The van der Waals surface area contributed by atoms with E-state index < -0.39 is 0 Å². The molecule has 218 valence electrons. The maximum Gasteiger partial charge on any atom is 0.228 e. The number of amides is 2. The number of piperazine rings is 1. The number of hydrogen-bond acceptors (Lipinski definition) is 7. The fraction of sp³-hybridized carbons (Fsp3) is 0.548. The number of rotatable bonds is 8. The number of anilines is 1. The molecule has 2 aliphatic heterocycles. The number of ether oxygens (including phenoxy) is 4. The van der Waals surface area contributed by atoms with E-state index in [1.807, 2.05) is 46.2 Å². The molecule has 0 aliphatic carbocycles. The molecule has 2 saturated heterocycles. The van der Waals surface area contributed by atoms with Crippen LogP contribution in [0.4, 0.5) is 5.69 Å². The van der Waals surface area contributed by atoms with Gasteiger partial charge in [-0.25, -0.2) is 0 Å². The Kier molecular flexibility index (Phi) is 9.01. The zero-order valence-corrected chi connectivity index (χ0v) is 24.9. The van der Waals surface area contributed by atoms with E-state index in [9.17, 15) is 9.59 Å². The summed E-state index contributed by atoms with van der Waals surface area (Å²) in [5, 5.41) is 0. The third kappa shape index (κ3) is 6.24. The molecule has 9 heteroatoms. The van der Waals surface area contributed by atoms with E-state index in [4.69, 9.17) is 18.9 Å². The number of nitrogens with zero attached hydrogens (tertiary/aromatic N) is 3. The molecule has 0 aromatic heterocycles. The van der Waals surface area contributed by atoms with Crippen LogP contribution >= 0.6 is 0 Å². The lowest BCUT2D eigenvalue weighted by Crippen LogP contribution is -2.51. The minimum absolute atomic E-state index is 0.0706. The van der Waals surface area contributed by atoms with E-state index in [2.05, 4.69) is 25.7 Å². The number of hydrogen-bond donors (Lipinski definition) is 0. The Morgan fingerprint density at radius 3 is 1.95 bits per heavy atom. The van der Waals surface area contributed by atoms with Gasteiger partial charge < -0.3 is 33.6 Å². The molecule has 40 heavy (non-hydrogen) atoms. The van der Waals surface area contributed by atoms with Crippen LogP contribution in [0.3, 0.4) is 0 Å². The van der Waals surface area contributed by atoms with Gasteiger partial charge in [0.05, 0.1) is 40.0 Å². The summed E-state index contributed by atoms with van der Waals surface area (Å²) in [6.45, 7) is 9.65. The summed E-state index contributed by atoms with van der Waals surface area (Å²) in [7, 11) is 6.41. The van der Waals surface area contributed by atoms with Gasteiger partial charge >= 0.3 is 0 Å². The van der Waals surface area contributed by atoms with Gasteiger partial charge in [-0.2, -0.15) is 0 Å². The average Bonchev–Trinajstić information content (AvgIpc) is 3.41. The first kappa shape index (κ1) is 29.4. The minimum atomic E-state index is -0.371. The molecule has 0 bridgehead atoms. The van der Waals surface area contributed by atoms with E-state index in [0.29, 0.717) is 62.9 Å². The van der Waals surface area contributed by atoms with Gasteiger partial charge in [0.2, 0.25) is 17.6 Å². The van der Waals surface area contributed by atoms with Crippen molar-refractivity contribution < 1.29 is 28.5 Å². The van der Waals surface area contributed by atoms with Crippen LogP contribution in [0.2, 0.25) is 0 Å². The molecular formula is C31H43N3O6. The number of carbonyl (C=O) groups is 2. The highest BCUT2D eigenvalue weighted by Gasteiger charge is 2.43. The molecule has 2 amide bonds. The van der Waals surface area contributed by atoms with E-state index in [1.54, 1.807) is 28.4 Å². The Bertz CT molecular complexity index is 1180. The largest absolute Gasteiger partial charge is 0.495 e. The summed E-state index contributed by atoms with van der Waals surface area (Å²) >= 11 is 0. The first-order valence-corrected chi connectivity index (χ1v) is 13.8. The fourth-order valence-corrected chi connectivity index (χ4v) is 5.77. The minimum Gasteiger partial charge on any atom is -0.495 e. The average molecular weight is 554 g/mol. The maximum atomic E-state index is 14.1. The molecule has 2 fully saturated rings. The zero-order chi connectivity index (χ0) is 29.0. The highest BCUT2D eigenvalue weighted by molar-refractivity contribution is 5.84. The maximum absolute atomic E-state index is 14.1. The van der Waals surface area contributed by atoms with Crippen LogP contribution in [-0.2, 0) is 9.59 Å². The number of carbonyl (C=O) groups excluding carboxylic acids is 2. The number of benzene rings is 2. The van der Waals surface area contributed by atoms with Gasteiger partial charge in [0.15, 0.2) is 11.5 Å². The summed E-state index contributed by atoms with van der Waals surface area (Å²) in [6, 6.07) is 11.8. The first-order chi connectivity index (χ1) is 19.1. The van der Waals surface area contributed by atoms with Crippen LogP contribution in [0.5, 0.6) is 23.0 Å². The Hall–Kier alpha value is -3.62. The molecule has 0 radical (unpaired) electrons. The molecule has 2 aliphatic rings. The van der Waals surface area contributed by atoms with Gasteiger partial charge in [-0.3, -0.25) is 9.59 Å². The fourth-order valence-electron chi connectivity index (χ4n) is 5.77. The lowest BCUT2D eigenvalue weighted by molar-refractivity contribution is -0.136. The summed E-state index contributed by atoms with van der Waals surface area (Å²) in [4.78, 5) is 33.5. The molecular weight excluding hydrogens is 510 g/mol. The van der Waals surface area contributed by atoms with Crippen LogP contribution in [0.25, 0.3) is 0 Å². The van der Waals surface area contributed by atoms with E-state index in [0.717, 1.165) is 17.0 Å². The van der Waals surface area contributed by atoms with Crippen molar-refractivity contribution in [1.82, 2.24) is 9.80 Å². The van der Waals surface area contributed by atoms with Crippen molar-refractivity contribution >= 4 is 17.5 Å². The third-order valence-corrected chi connectivity index (χ3v) is 7.80. The summed E-state index contributed by atoms with van der Waals surface area (Å²) in [5.41, 5.74) is 1.79. The molecule has 0 N–H and O–H groups in total. The van der Waals surface area contributed by atoms with Crippen molar-refractivity contribution in [2.45, 2.75) is 33.1 Å². The van der Waals surface area contributed by atoms with Gasteiger partial charge in [-0.1, -0.05) is 32.9 Å². The van der Waals surface area contributed by atoms with E-state index in [-0.39, 0.29) is 29.1 Å². The molecule has 0 saturated carbocycles. The zero-order valence-electron chi connectivity index (χ0n) is 24.9. The van der Waals surface area contributed by atoms with Gasteiger partial charge in [0, 0.05) is 51.6 Å². The van der Waals surface area contributed by atoms with Crippen LogP contribution in [-0.4, -0.2) is 89.3 Å². The normalized spacial score (nSPS) is 19.4.